The summed E-state index contributed by atoms with van der Waals surface area (Å²) in [5, 5.41) is 8.39. The quantitative estimate of drug-likeness (QED) is 0.407. The van der Waals surface area contributed by atoms with Gasteiger partial charge in [0.25, 0.3) is 0 Å². The minimum absolute atomic E-state index is 0.281. The van der Waals surface area contributed by atoms with E-state index in [4.69, 9.17) is 16.3 Å². The molecule has 0 amide bonds. The van der Waals surface area contributed by atoms with Crippen LogP contribution in [0, 0.1) is 0 Å². The third kappa shape index (κ3) is 44.7. The molecule has 79 valence electrons. The average Bonchev–Trinajstić information content (AvgIpc) is 1.54. The summed E-state index contributed by atoms with van der Waals surface area (Å²) >= 11 is 5.73. The van der Waals surface area contributed by atoms with Crippen molar-refractivity contribution in [3.05, 3.63) is 0 Å². The van der Waals surface area contributed by atoms with E-state index in [1.54, 1.807) is 0 Å². The van der Waals surface area contributed by atoms with Crippen LogP contribution in [0.2, 0.25) is 0 Å². The summed E-state index contributed by atoms with van der Waals surface area (Å²) in [5.74, 6) is 0. The van der Waals surface area contributed by atoms with E-state index >= 15 is 0 Å². The summed E-state index contributed by atoms with van der Waals surface area (Å²) in [5.41, 5.74) is 0. The van der Waals surface area contributed by atoms with Crippen molar-refractivity contribution in [1.29, 1.82) is 0 Å². The van der Waals surface area contributed by atoms with Crippen LogP contribution in [0.3, 0.4) is 0 Å². The van der Waals surface area contributed by atoms with Gasteiger partial charge in [-0.25, -0.2) is 0 Å². The van der Waals surface area contributed by atoms with Gasteiger partial charge in [0.05, 0.1) is 27.7 Å². The van der Waals surface area contributed by atoms with Gasteiger partial charge in [0, 0.05) is 0 Å². The third-order valence-electron chi connectivity index (χ3n) is 0.771. The van der Waals surface area contributed by atoms with E-state index in [0.29, 0.717) is 0 Å². The maximum atomic E-state index is 8.39. The second kappa shape index (κ2) is 6.33. The molecule has 0 aliphatic heterocycles. The molecular formula is C7H24ClNOPSi. The fraction of sp³-hybridized carbons (Fsp3) is 1.00. The monoisotopic (exact) mass is 232 g/mol. The zero-order valence-corrected chi connectivity index (χ0v) is 12.9. The fourth-order valence-corrected chi connectivity index (χ4v) is 0.300. The molecular weight excluding hydrogens is 209 g/mol. The molecule has 0 radical (unpaired) electrons. The first-order valence-corrected chi connectivity index (χ1v) is 11.7. The first-order valence-electron chi connectivity index (χ1n) is 4.16. The molecule has 0 rings (SSSR count). The van der Waals surface area contributed by atoms with Gasteiger partial charge in [0.15, 0.2) is 0 Å². The molecule has 0 atom stereocenters. The Morgan fingerprint density at radius 1 is 1.33 bits per heavy atom. The molecule has 0 saturated carbocycles. The Bertz CT molecular complexity index is 105. The number of likely N-dealkylation sites (N-methyl/N-ethyl adjacent to an activating group) is 1. The Morgan fingerprint density at radius 3 is 1.58 bits per heavy atom. The van der Waals surface area contributed by atoms with Crippen molar-refractivity contribution in [3.8, 4) is 0 Å². The molecule has 12 heavy (non-hydrogen) atoms. The van der Waals surface area contributed by atoms with Crippen molar-refractivity contribution >= 4 is 27.3 Å². The molecule has 5 heteroatoms. The Morgan fingerprint density at radius 2 is 1.58 bits per heavy atom. The van der Waals surface area contributed by atoms with Crippen LogP contribution < -0.4 is 0 Å². The normalized spacial score (nSPS) is 13.6. The Hall–Kier alpha value is 0.857. The van der Waals surface area contributed by atoms with Crippen molar-refractivity contribution in [2.24, 2.45) is 0 Å². The Balaban J connectivity index is 0. The van der Waals surface area contributed by atoms with Gasteiger partial charge in [-0.1, -0.05) is 0 Å². The van der Waals surface area contributed by atoms with Gasteiger partial charge >= 0.3 is 40.6 Å². The molecule has 1 N–H and O–H groups in total. The zero-order valence-electron chi connectivity index (χ0n) is 9.19. The predicted molar refractivity (Wildman–Crippen MR) is 65.9 cm³/mol. The van der Waals surface area contributed by atoms with E-state index in [1.807, 2.05) is 0 Å². The van der Waals surface area contributed by atoms with Crippen molar-refractivity contribution in [2.75, 3.05) is 47.6 Å². The van der Waals surface area contributed by atoms with Gasteiger partial charge in [-0.3, -0.25) is 0 Å². The van der Waals surface area contributed by atoms with E-state index in [-0.39, 0.29) is 6.61 Å². The van der Waals surface area contributed by atoms with Crippen molar-refractivity contribution < 1.29 is 9.59 Å². The van der Waals surface area contributed by atoms with Crippen LogP contribution >= 0.6 is 17.4 Å². The molecule has 2 nitrogen and oxygen atoms in total. The van der Waals surface area contributed by atoms with Gasteiger partial charge in [-0.2, -0.15) is 0 Å². The SMILES string of the molecule is C[N+](C)(C)CCO.C[PH-](C)([SiH3])Cl. The number of rotatable bonds is 2. The molecule has 0 fully saturated rings. The van der Waals surface area contributed by atoms with E-state index in [2.05, 4.69) is 34.5 Å². The Kier molecular flexibility index (Phi) is 8.09. The predicted octanol–water partition coefficient (Wildman–Crippen LogP) is 0.115. The second-order valence-electron chi connectivity index (χ2n) is 4.80. The molecule has 0 unspecified atom stereocenters. The number of aliphatic hydroxyl groups is 1. The number of hydrogen-bond acceptors (Lipinski definition) is 1. The van der Waals surface area contributed by atoms with Crippen molar-refractivity contribution in [2.45, 2.75) is 0 Å². The van der Waals surface area contributed by atoms with Crippen LogP contribution in [-0.4, -0.2) is 67.1 Å². The van der Waals surface area contributed by atoms with Gasteiger partial charge in [0.2, 0.25) is 0 Å². The van der Waals surface area contributed by atoms with Crippen molar-refractivity contribution in [3.63, 3.8) is 0 Å². The molecule has 0 aliphatic rings. The van der Waals surface area contributed by atoms with Gasteiger partial charge in [0.1, 0.15) is 6.54 Å². The summed E-state index contributed by atoms with van der Waals surface area (Å²) in [7, 11) is 7.37. The molecule has 0 saturated heterocycles. The molecule has 0 aliphatic carbocycles. The number of aliphatic hydroxyl groups excluding tert-OH is 1. The summed E-state index contributed by atoms with van der Waals surface area (Å²) in [4.78, 5) is 0. The average molecular weight is 233 g/mol. The minimum atomic E-state index is -1.000. The van der Waals surface area contributed by atoms with Crippen molar-refractivity contribution in [1.82, 2.24) is 0 Å². The standard InChI is InChI=1S/C5H14NO.C2H10ClPSi/c1-6(2,3)4-5-7;1-4(2,3)5/h7H,4-5H2,1-3H3;4H,1-2,5H3/q+1;-1. The van der Waals surface area contributed by atoms with Crippen LogP contribution in [0.4, 0.5) is 0 Å². The topological polar surface area (TPSA) is 20.2 Å². The first-order chi connectivity index (χ1) is 5.06. The molecule has 0 aromatic carbocycles. The number of nitrogens with zero attached hydrogens (tertiary/aromatic N) is 1. The second-order valence-corrected chi connectivity index (χ2v) is 21.7. The summed E-state index contributed by atoms with van der Waals surface area (Å²) in [6, 6.07) is 0. The maximum absolute atomic E-state index is 8.39. The van der Waals surface area contributed by atoms with E-state index in [9.17, 15) is 0 Å². The van der Waals surface area contributed by atoms with E-state index < -0.39 is 6.16 Å². The summed E-state index contributed by atoms with van der Waals surface area (Å²) in [6.07, 6.45) is -1.000. The van der Waals surface area contributed by atoms with Crippen LogP contribution in [0.15, 0.2) is 0 Å². The number of quaternary nitrogens is 1. The molecule has 0 bridgehead atoms. The van der Waals surface area contributed by atoms with Crippen LogP contribution in [0.1, 0.15) is 0 Å². The number of hydrogen-bond donors (Lipinski definition) is 1. The molecule has 0 aromatic rings. The van der Waals surface area contributed by atoms with E-state index in [0.717, 1.165) is 11.0 Å². The summed E-state index contributed by atoms with van der Waals surface area (Å²) in [6.45, 7) is 5.42. The Labute approximate surface area is 84.9 Å². The van der Waals surface area contributed by atoms with Gasteiger partial charge in [-0.15, -0.1) is 0 Å². The summed E-state index contributed by atoms with van der Waals surface area (Å²) < 4.78 is 0.844. The number of halogens is 1. The van der Waals surface area contributed by atoms with Gasteiger partial charge in [-0.05, 0) is 0 Å². The van der Waals surface area contributed by atoms with Crippen LogP contribution in [0.25, 0.3) is 0 Å². The fourth-order valence-electron chi connectivity index (χ4n) is 0.300. The van der Waals surface area contributed by atoms with E-state index in [1.165, 1.54) is 9.91 Å². The molecule has 0 heterocycles. The molecule has 0 spiro atoms. The zero-order chi connectivity index (χ0) is 10.4. The molecule has 0 aromatic heterocycles. The van der Waals surface area contributed by atoms with Crippen LogP contribution in [0.5, 0.6) is 0 Å². The van der Waals surface area contributed by atoms with Crippen LogP contribution in [-0.2, 0) is 0 Å². The third-order valence-corrected chi connectivity index (χ3v) is 0.771. The van der Waals surface area contributed by atoms with Gasteiger partial charge < -0.3 is 9.59 Å². The first kappa shape index (κ1) is 15.3.